The molecule has 0 aliphatic rings. The van der Waals surface area contributed by atoms with E-state index in [9.17, 15) is 4.79 Å². The first-order valence-electron chi connectivity index (χ1n) is 5.53. The van der Waals surface area contributed by atoms with Gasteiger partial charge in [0, 0.05) is 17.9 Å². The van der Waals surface area contributed by atoms with Crippen LogP contribution in [0.5, 0.6) is 0 Å². The zero-order valence-corrected chi connectivity index (χ0v) is 10.9. The largest absolute Gasteiger partial charge is 0.399 e. The van der Waals surface area contributed by atoms with E-state index >= 15 is 0 Å². The summed E-state index contributed by atoms with van der Waals surface area (Å²) in [7, 11) is 0. The minimum atomic E-state index is -0.459. The van der Waals surface area contributed by atoms with Crippen LogP contribution in [0.25, 0.3) is 0 Å². The van der Waals surface area contributed by atoms with Crippen molar-refractivity contribution < 1.29 is 4.79 Å². The van der Waals surface area contributed by atoms with E-state index in [1.54, 1.807) is 29.5 Å². The molecule has 0 saturated heterocycles. The summed E-state index contributed by atoms with van der Waals surface area (Å²) in [5.41, 5.74) is 15.2. The molecule has 5 heteroatoms. The quantitative estimate of drug-likeness (QED) is 0.739. The van der Waals surface area contributed by atoms with Crippen LogP contribution in [0.4, 0.5) is 11.4 Å². The molecule has 2 aromatic rings. The molecule has 4 nitrogen and oxygen atoms in total. The van der Waals surface area contributed by atoms with Gasteiger partial charge in [-0.3, -0.25) is 4.79 Å². The highest BCUT2D eigenvalue weighted by Gasteiger charge is 2.08. The van der Waals surface area contributed by atoms with Crippen LogP contribution in [0.2, 0.25) is 0 Å². The van der Waals surface area contributed by atoms with Crippen molar-refractivity contribution in [3.8, 4) is 0 Å². The van der Waals surface area contributed by atoms with Gasteiger partial charge in [-0.15, -0.1) is 0 Å². The van der Waals surface area contributed by atoms with Crippen molar-refractivity contribution in [2.45, 2.75) is 13.5 Å². The number of carbonyl (C=O) groups is 1. The average Bonchev–Trinajstić information content (AvgIpc) is 2.72. The van der Waals surface area contributed by atoms with Crippen LogP contribution in [-0.4, -0.2) is 5.91 Å². The Morgan fingerprint density at radius 1 is 1.39 bits per heavy atom. The molecule has 18 heavy (non-hydrogen) atoms. The second kappa shape index (κ2) is 5.10. The van der Waals surface area contributed by atoms with Crippen molar-refractivity contribution in [1.29, 1.82) is 0 Å². The number of thiophene rings is 1. The van der Waals surface area contributed by atoms with Gasteiger partial charge in [-0.2, -0.15) is 11.3 Å². The molecule has 0 unspecified atom stereocenters. The molecule has 0 spiro atoms. The first-order valence-corrected chi connectivity index (χ1v) is 6.47. The third-order valence-corrected chi connectivity index (χ3v) is 3.65. The van der Waals surface area contributed by atoms with E-state index in [0.717, 1.165) is 0 Å². The fraction of sp³-hybridized carbons (Fsp3) is 0.154. The van der Waals surface area contributed by atoms with Crippen molar-refractivity contribution in [3.63, 3.8) is 0 Å². The molecule has 0 saturated carbocycles. The van der Waals surface area contributed by atoms with E-state index < -0.39 is 5.91 Å². The van der Waals surface area contributed by atoms with E-state index in [2.05, 4.69) is 23.0 Å². The lowest BCUT2D eigenvalue weighted by Crippen LogP contribution is -2.14. The summed E-state index contributed by atoms with van der Waals surface area (Å²) < 4.78 is 0. The van der Waals surface area contributed by atoms with Gasteiger partial charge in [0.2, 0.25) is 0 Å². The molecule has 94 valence electrons. The fourth-order valence-electron chi connectivity index (χ4n) is 1.68. The predicted molar refractivity (Wildman–Crippen MR) is 75.8 cm³/mol. The molecule has 0 aliphatic carbocycles. The summed E-state index contributed by atoms with van der Waals surface area (Å²) in [5, 5.41) is 7.38. The third kappa shape index (κ3) is 2.62. The maximum absolute atomic E-state index is 11.3. The second-order valence-electron chi connectivity index (χ2n) is 4.10. The second-order valence-corrected chi connectivity index (χ2v) is 4.85. The van der Waals surface area contributed by atoms with Gasteiger partial charge in [0.15, 0.2) is 0 Å². The number of amides is 1. The van der Waals surface area contributed by atoms with Gasteiger partial charge in [0.1, 0.15) is 0 Å². The van der Waals surface area contributed by atoms with Crippen molar-refractivity contribution in [2.24, 2.45) is 5.73 Å². The van der Waals surface area contributed by atoms with Gasteiger partial charge in [0.05, 0.1) is 5.56 Å². The maximum atomic E-state index is 11.3. The monoisotopic (exact) mass is 261 g/mol. The smallest absolute Gasteiger partial charge is 0.250 e. The third-order valence-electron chi connectivity index (χ3n) is 2.74. The Labute approximate surface area is 110 Å². The van der Waals surface area contributed by atoms with Gasteiger partial charge in [-0.1, -0.05) is 0 Å². The molecule has 1 heterocycles. The highest BCUT2D eigenvalue weighted by atomic mass is 32.1. The van der Waals surface area contributed by atoms with Crippen molar-refractivity contribution >= 4 is 28.6 Å². The molecule has 1 aromatic carbocycles. The summed E-state index contributed by atoms with van der Waals surface area (Å²) in [6.45, 7) is 2.71. The molecule has 0 atom stereocenters. The zero-order valence-electron chi connectivity index (χ0n) is 10.1. The number of aryl methyl sites for hydroxylation is 1. The van der Waals surface area contributed by atoms with E-state index in [4.69, 9.17) is 11.5 Å². The molecule has 2 rings (SSSR count). The van der Waals surface area contributed by atoms with Crippen LogP contribution in [-0.2, 0) is 6.54 Å². The van der Waals surface area contributed by atoms with E-state index in [-0.39, 0.29) is 0 Å². The van der Waals surface area contributed by atoms with Crippen LogP contribution in [0.3, 0.4) is 0 Å². The topological polar surface area (TPSA) is 81.1 Å². The minimum absolute atomic E-state index is 0.456. The minimum Gasteiger partial charge on any atom is -0.399 e. The van der Waals surface area contributed by atoms with Crippen LogP contribution >= 0.6 is 11.3 Å². The van der Waals surface area contributed by atoms with Gasteiger partial charge in [-0.05, 0) is 47.0 Å². The number of hydrogen-bond donors (Lipinski definition) is 3. The Morgan fingerprint density at radius 2 is 2.17 bits per heavy atom. The number of nitrogens with two attached hydrogens (primary N) is 2. The normalized spacial score (nSPS) is 10.3. The Bertz CT molecular complexity index is 577. The Hall–Kier alpha value is -2.01. The molecule has 0 aliphatic heterocycles. The van der Waals surface area contributed by atoms with Gasteiger partial charge >= 0.3 is 0 Å². The molecule has 0 fully saturated rings. The van der Waals surface area contributed by atoms with E-state index in [1.165, 1.54) is 11.1 Å². The average molecular weight is 261 g/mol. The molecule has 1 aromatic heterocycles. The van der Waals surface area contributed by atoms with Crippen LogP contribution < -0.4 is 16.8 Å². The zero-order chi connectivity index (χ0) is 13.1. The summed E-state index contributed by atoms with van der Waals surface area (Å²) >= 11 is 1.66. The number of hydrogen-bond acceptors (Lipinski definition) is 4. The molecule has 5 N–H and O–H groups in total. The van der Waals surface area contributed by atoms with E-state index in [0.29, 0.717) is 23.5 Å². The summed E-state index contributed by atoms with van der Waals surface area (Å²) in [6, 6.07) is 5.03. The molecule has 1 amide bonds. The summed E-state index contributed by atoms with van der Waals surface area (Å²) in [6.07, 6.45) is 0. The number of benzene rings is 1. The first kappa shape index (κ1) is 12.4. The van der Waals surface area contributed by atoms with Crippen molar-refractivity contribution in [1.82, 2.24) is 0 Å². The highest BCUT2D eigenvalue weighted by Crippen LogP contribution is 2.21. The number of rotatable bonds is 4. The number of carbonyl (C=O) groups excluding carboxylic acids is 1. The highest BCUT2D eigenvalue weighted by molar-refractivity contribution is 7.08. The molecule has 0 bridgehead atoms. The lowest BCUT2D eigenvalue weighted by Gasteiger charge is -2.10. The number of nitrogen functional groups attached to an aromatic ring is 1. The Morgan fingerprint density at radius 3 is 2.78 bits per heavy atom. The lowest BCUT2D eigenvalue weighted by molar-refractivity contribution is 0.100. The maximum Gasteiger partial charge on any atom is 0.250 e. The van der Waals surface area contributed by atoms with Gasteiger partial charge in [0.25, 0.3) is 5.91 Å². The van der Waals surface area contributed by atoms with Crippen molar-refractivity contribution in [2.75, 3.05) is 11.1 Å². The standard InChI is InChI=1S/C13H15N3OS/c1-8-6-18-7-9(8)5-16-12-4-10(14)2-3-11(12)13(15)17/h2-4,6-7,16H,5,14H2,1H3,(H2,15,17). The first-order chi connectivity index (χ1) is 8.58. The summed E-state index contributed by atoms with van der Waals surface area (Å²) in [5.74, 6) is -0.459. The molecule has 0 radical (unpaired) electrons. The molecular weight excluding hydrogens is 246 g/mol. The van der Waals surface area contributed by atoms with Crippen molar-refractivity contribution in [3.05, 3.63) is 45.6 Å². The fourth-order valence-corrected chi connectivity index (χ4v) is 2.54. The van der Waals surface area contributed by atoms with Gasteiger partial charge in [-0.25, -0.2) is 0 Å². The van der Waals surface area contributed by atoms with Gasteiger partial charge < -0.3 is 16.8 Å². The van der Waals surface area contributed by atoms with Crippen LogP contribution in [0.1, 0.15) is 21.5 Å². The number of primary amides is 1. The molecular formula is C13H15N3OS. The Kier molecular flexibility index (Phi) is 3.53. The lowest BCUT2D eigenvalue weighted by atomic mass is 10.1. The predicted octanol–water partition coefficient (Wildman–Crippen LogP) is 2.35. The van der Waals surface area contributed by atoms with Crippen LogP contribution in [0, 0.1) is 6.92 Å². The SMILES string of the molecule is Cc1cscc1CNc1cc(N)ccc1C(N)=O. The van der Waals surface area contributed by atoms with Crippen LogP contribution in [0.15, 0.2) is 29.0 Å². The Balaban J connectivity index is 2.20. The number of nitrogens with one attached hydrogen (secondary N) is 1. The number of anilines is 2. The summed E-state index contributed by atoms with van der Waals surface area (Å²) in [4.78, 5) is 11.3. The van der Waals surface area contributed by atoms with E-state index in [1.807, 2.05) is 0 Å².